The van der Waals surface area contributed by atoms with Gasteiger partial charge in [0.25, 0.3) is 0 Å². The first-order valence-corrected chi connectivity index (χ1v) is 5.73. The van der Waals surface area contributed by atoms with Crippen LogP contribution in [0.2, 0.25) is 0 Å². The fraction of sp³-hybridized carbons (Fsp3) is 0.750. The van der Waals surface area contributed by atoms with E-state index in [1.54, 1.807) is 6.92 Å². The number of Topliss-reactive ketones (excluding diaryl/α,β-unsaturated/α-hetero) is 2. The van der Waals surface area contributed by atoms with E-state index in [9.17, 15) is 14.4 Å². The summed E-state index contributed by atoms with van der Waals surface area (Å²) in [5.74, 6) is -1.58. The third-order valence-corrected chi connectivity index (χ3v) is 3.19. The van der Waals surface area contributed by atoms with Crippen LogP contribution in [0, 0.1) is 11.8 Å². The molecule has 0 amide bonds. The molecule has 4 heteroatoms. The Kier molecular flexibility index (Phi) is 4.65. The normalized spacial score (nSPS) is 17.4. The maximum absolute atomic E-state index is 11.7. The lowest BCUT2D eigenvalue weighted by molar-refractivity contribution is -0.151. The topological polar surface area (TPSA) is 60.4 Å². The van der Waals surface area contributed by atoms with E-state index in [1.165, 1.54) is 7.11 Å². The number of methoxy groups -OCH3 is 1. The summed E-state index contributed by atoms with van der Waals surface area (Å²) in [5.41, 5.74) is 0. The van der Waals surface area contributed by atoms with Crippen LogP contribution >= 0.6 is 0 Å². The van der Waals surface area contributed by atoms with Gasteiger partial charge < -0.3 is 4.74 Å². The highest BCUT2D eigenvalue weighted by molar-refractivity contribution is 6.02. The third kappa shape index (κ3) is 2.90. The van der Waals surface area contributed by atoms with Gasteiger partial charge in [0.2, 0.25) is 0 Å². The van der Waals surface area contributed by atoms with E-state index >= 15 is 0 Å². The van der Waals surface area contributed by atoms with Crippen LogP contribution < -0.4 is 0 Å². The number of esters is 1. The Labute approximate surface area is 95.3 Å². The van der Waals surface area contributed by atoms with Gasteiger partial charge in [0.1, 0.15) is 17.5 Å². The summed E-state index contributed by atoms with van der Waals surface area (Å²) in [4.78, 5) is 34.6. The van der Waals surface area contributed by atoms with E-state index in [2.05, 4.69) is 4.74 Å². The molecule has 1 atom stereocenters. The first-order chi connectivity index (χ1) is 7.60. The number of carbonyl (C=O) groups excluding carboxylic acids is 3. The Morgan fingerprint density at radius 1 is 1.31 bits per heavy atom. The fourth-order valence-electron chi connectivity index (χ4n) is 1.82. The van der Waals surface area contributed by atoms with E-state index < -0.39 is 11.9 Å². The Bertz CT molecular complexity index is 275. The van der Waals surface area contributed by atoms with E-state index in [4.69, 9.17) is 0 Å². The van der Waals surface area contributed by atoms with Crippen molar-refractivity contribution in [2.24, 2.45) is 11.8 Å². The lowest BCUT2D eigenvalue weighted by atomic mass is 9.78. The van der Waals surface area contributed by atoms with Gasteiger partial charge in [0.05, 0.1) is 7.11 Å². The van der Waals surface area contributed by atoms with E-state index in [1.807, 2.05) is 0 Å². The molecule has 0 bridgehead atoms. The average molecular weight is 226 g/mol. The van der Waals surface area contributed by atoms with Crippen LogP contribution in [0.3, 0.4) is 0 Å². The van der Waals surface area contributed by atoms with Crippen molar-refractivity contribution in [2.45, 2.75) is 39.0 Å². The SMILES string of the molecule is CCC(=O)C(CC(=O)C1CCC1)C(=O)OC. The fourth-order valence-corrected chi connectivity index (χ4v) is 1.82. The molecule has 1 aliphatic carbocycles. The zero-order valence-electron chi connectivity index (χ0n) is 9.82. The summed E-state index contributed by atoms with van der Waals surface area (Å²) in [6.07, 6.45) is 3.14. The molecular formula is C12H18O4. The smallest absolute Gasteiger partial charge is 0.316 e. The maximum Gasteiger partial charge on any atom is 0.316 e. The monoisotopic (exact) mass is 226 g/mol. The van der Waals surface area contributed by atoms with Crippen molar-refractivity contribution in [3.63, 3.8) is 0 Å². The first-order valence-electron chi connectivity index (χ1n) is 5.73. The summed E-state index contributed by atoms with van der Waals surface area (Å²) < 4.78 is 4.56. The van der Waals surface area contributed by atoms with Crippen molar-refractivity contribution in [3.05, 3.63) is 0 Å². The van der Waals surface area contributed by atoms with Crippen molar-refractivity contribution in [1.29, 1.82) is 0 Å². The molecule has 1 unspecified atom stereocenters. The number of carbonyl (C=O) groups is 3. The third-order valence-electron chi connectivity index (χ3n) is 3.19. The molecule has 16 heavy (non-hydrogen) atoms. The van der Waals surface area contributed by atoms with E-state index in [-0.39, 0.29) is 30.3 Å². The number of ketones is 2. The van der Waals surface area contributed by atoms with Gasteiger partial charge in [0, 0.05) is 18.8 Å². The molecule has 1 fully saturated rings. The Morgan fingerprint density at radius 2 is 1.94 bits per heavy atom. The number of hydrogen-bond donors (Lipinski definition) is 0. The molecule has 4 nitrogen and oxygen atoms in total. The Morgan fingerprint density at radius 3 is 2.31 bits per heavy atom. The van der Waals surface area contributed by atoms with Crippen molar-refractivity contribution < 1.29 is 19.1 Å². The minimum absolute atomic E-state index is 0.0179. The Hall–Kier alpha value is -1.19. The van der Waals surface area contributed by atoms with E-state index in [0.29, 0.717) is 0 Å². The standard InChI is InChI=1S/C12H18O4/c1-3-10(13)9(12(15)16-2)7-11(14)8-5-4-6-8/h8-9H,3-7H2,1-2H3. The highest BCUT2D eigenvalue weighted by Gasteiger charge is 2.33. The van der Waals surface area contributed by atoms with Crippen molar-refractivity contribution in [2.75, 3.05) is 7.11 Å². The largest absolute Gasteiger partial charge is 0.468 e. The number of hydrogen-bond acceptors (Lipinski definition) is 4. The lowest BCUT2D eigenvalue weighted by Gasteiger charge is -2.25. The predicted molar refractivity (Wildman–Crippen MR) is 57.8 cm³/mol. The highest BCUT2D eigenvalue weighted by atomic mass is 16.5. The van der Waals surface area contributed by atoms with Crippen LogP contribution in [-0.2, 0) is 19.1 Å². The van der Waals surface area contributed by atoms with Crippen LogP contribution in [0.1, 0.15) is 39.0 Å². The van der Waals surface area contributed by atoms with Crippen LogP contribution in [0.25, 0.3) is 0 Å². The van der Waals surface area contributed by atoms with Gasteiger partial charge >= 0.3 is 5.97 Å². The molecule has 0 aliphatic heterocycles. The molecular weight excluding hydrogens is 208 g/mol. The molecule has 0 aromatic heterocycles. The quantitative estimate of drug-likeness (QED) is 0.509. The number of ether oxygens (including phenoxy) is 1. The highest BCUT2D eigenvalue weighted by Crippen LogP contribution is 2.29. The molecule has 1 rings (SSSR count). The van der Waals surface area contributed by atoms with Crippen molar-refractivity contribution >= 4 is 17.5 Å². The second-order valence-corrected chi connectivity index (χ2v) is 4.19. The molecule has 1 saturated carbocycles. The van der Waals surface area contributed by atoms with Gasteiger partial charge in [-0.2, -0.15) is 0 Å². The number of rotatable bonds is 6. The molecule has 0 heterocycles. The zero-order valence-corrected chi connectivity index (χ0v) is 9.82. The molecule has 0 radical (unpaired) electrons. The predicted octanol–water partition coefficient (Wildman–Crippen LogP) is 1.51. The van der Waals surface area contributed by atoms with Gasteiger partial charge in [-0.3, -0.25) is 14.4 Å². The summed E-state index contributed by atoms with van der Waals surface area (Å²) >= 11 is 0. The average Bonchev–Trinajstić information content (AvgIpc) is 2.21. The van der Waals surface area contributed by atoms with Crippen LogP contribution in [-0.4, -0.2) is 24.6 Å². The van der Waals surface area contributed by atoms with Gasteiger partial charge in [-0.15, -0.1) is 0 Å². The first kappa shape index (κ1) is 12.9. The minimum atomic E-state index is -0.886. The molecule has 0 aromatic carbocycles. The summed E-state index contributed by atoms with van der Waals surface area (Å²) in [6.45, 7) is 1.69. The van der Waals surface area contributed by atoms with Crippen LogP contribution in [0.4, 0.5) is 0 Å². The van der Waals surface area contributed by atoms with Crippen molar-refractivity contribution in [1.82, 2.24) is 0 Å². The van der Waals surface area contributed by atoms with Crippen LogP contribution in [0.5, 0.6) is 0 Å². The van der Waals surface area contributed by atoms with Gasteiger partial charge in [0.15, 0.2) is 0 Å². The summed E-state index contributed by atoms with van der Waals surface area (Å²) in [5, 5.41) is 0. The Balaban J connectivity index is 2.58. The van der Waals surface area contributed by atoms with E-state index in [0.717, 1.165) is 19.3 Å². The maximum atomic E-state index is 11.7. The van der Waals surface area contributed by atoms with Crippen LogP contribution in [0.15, 0.2) is 0 Å². The van der Waals surface area contributed by atoms with Gasteiger partial charge in [-0.05, 0) is 12.8 Å². The molecule has 0 saturated heterocycles. The molecule has 0 N–H and O–H groups in total. The van der Waals surface area contributed by atoms with Crippen molar-refractivity contribution in [3.8, 4) is 0 Å². The summed E-state index contributed by atoms with van der Waals surface area (Å²) in [7, 11) is 1.24. The lowest BCUT2D eigenvalue weighted by Crippen LogP contribution is -2.31. The minimum Gasteiger partial charge on any atom is -0.468 e. The van der Waals surface area contributed by atoms with Gasteiger partial charge in [-0.1, -0.05) is 13.3 Å². The summed E-state index contributed by atoms with van der Waals surface area (Å²) in [6, 6.07) is 0. The second-order valence-electron chi connectivity index (χ2n) is 4.19. The van der Waals surface area contributed by atoms with Gasteiger partial charge in [-0.25, -0.2) is 0 Å². The molecule has 0 spiro atoms. The zero-order chi connectivity index (χ0) is 12.1. The second kappa shape index (κ2) is 5.77. The molecule has 1 aliphatic rings. The molecule has 0 aromatic rings. The molecule has 90 valence electrons.